The lowest BCUT2D eigenvalue weighted by atomic mass is 9.89. The highest BCUT2D eigenvalue weighted by Gasteiger charge is 2.33. The summed E-state index contributed by atoms with van der Waals surface area (Å²) < 4.78 is 35.1. The minimum Gasteiger partial charge on any atom is -0.489 e. The van der Waals surface area contributed by atoms with Crippen molar-refractivity contribution in [2.75, 3.05) is 24.6 Å². The number of nitrogens with one attached hydrogen (secondary N) is 1. The van der Waals surface area contributed by atoms with Gasteiger partial charge >= 0.3 is 0 Å². The summed E-state index contributed by atoms with van der Waals surface area (Å²) in [5.74, 6) is -1.62. The number of aliphatic hydroxyl groups is 1. The molecule has 1 saturated heterocycles. The van der Waals surface area contributed by atoms with Gasteiger partial charge in [0.1, 0.15) is 24.2 Å². The quantitative estimate of drug-likeness (QED) is 0.342. The lowest BCUT2D eigenvalue weighted by Crippen LogP contribution is -2.53. The van der Waals surface area contributed by atoms with Crippen molar-refractivity contribution < 1.29 is 23.4 Å². The third-order valence-electron chi connectivity index (χ3n) is 7.16. The van der Waals surface area contributed by atoms with Gasteiger partial charge in [0.05, 0.1) is 34.6 Å². The van der Waals surface area contributed by atoms with Gasteiger partial charge in [0.25, 0.3) is 5.91 Å². The van der Waals surface area contributed by atoms with E-state index < -0.39 is 28.7 Å². The third-order valence-corrected chi connectivity index (χ3v) is 7.16. The zero-order valence-corrected chi connectivity index (χ0v) is 23.0. The van der Waals surface area contributed by atoms with Gasteiger partial charge in [-0.3, -0.25) is 4.79 Å². The Balaban J connectivity index is 1.32. The lowest BCUT2D eigenvalue weighted by Gasteiger charge is -2.40. The van der Waals surface area contributed by atoms with Crippen molar-refractivity contribution >= 4 is 17.2 Å². The summed E-state index contributed by atoms with van der Waals surface area (Å²) >= 11 is 0. The number of anilines is 1. The summed E-state index contributed by atoms with van der Waals surface area (Å²) in [6.45, 7) is 6.47. The Morgan fingerprint density at radius 2 is 1.98 bits per heavy atom. The molecule has 212 valence electrons. The van der Waals surface area contributed by atoms with E-state index in [0.29, 0.717) is 48.3 Å². The van der Waals surface area contributed by atoms with Crippen LogP contribution in [0.2, 0.25) is 0 Å². The summed E-state index contributed by atoms with van der Waals surface area (Å²) in [5, 5.41) is 26.9. The molecule has 0 atom stereocenters. The summed E-state index contributed by atoms with van der Waals surface area (Å²) in [6.07, 6.45) is 6.05. The lowest BCUT2D eigenvalue weighted by molar-refractivity contribution is 0.0283. The predicted molar refractivity (Wildman–Crippen MR) is 149 cm³/mol. The molecule has 4 aromatic rings. The number of nitriles is 1. The van der Waals surface area contributed by atoms with Crippen molar-refractivity contribution in [3.8, 4) is 22.9 Å². The maximum atomic E-state index is 14.1. The van der Waals surface area contributed by atoms with Crippen LogP contribution in [0.15, 0.2) is 55.0 Å². The van der Waals surface area contributed by atoms with Gasteiger partial charge in [-0.2, -0.15) is 10.4 Å². The number of carbonyl (C=O) groups excluding carboxylic acids is 1. The average molecular weight is 561 g/mol. The molecule has 5 rings (SSSR count). The summed E-state index contributed by atoms with van der Waals surface area (Å²) in [6, 6.07) is 11.3. The standard InChI is InChI=1S/C30H30F2N6O3/c1-29(2,40)18-41-21-13-23(27-20(14-33)16-35-38(27)17-21)19-7-8-25(34-15-19)37-11-9-30(3,10-12-37)36-28(39)22-5-4-6-24(31)26(22)32/h4-8,13,15-17,40H,9-12,18H2,1-3H3,(H,36,39). The summed E-state index contributed by atoms with van der Waals surface area (Å²) in [7, 11) is 0. The second-order valence-corrected chi connectivity index (χ2v) is 11.2. The van der Waals surface area contributed by atoms with Gasteiger partial charge < -0.3 is 20.1 Å². The fraction of sp³-hybridized carbons (Fsp3) is 0.333. The Labute approximate surface area is 236 Å². The number of piperidine rings is 1. The predicted octanol–water partition coefficient (Wildman–Crippen LogP) is 4.48. The zero-order valence-electron chi connectivity index (χ0n) is 23.0. The van der Waals surface area contributed by atoms with Gasteiger partial charge in [0.2, 0.25) is 0 Å². The number of hydrogen-bond donors (Lipinski definition) is 2. The number of rotatable bonds is 7. The van der Waals surface area contributed by atoms with E-state index in [-0.39, 0.29) is 12.2 Å². The Bertz CT molecular complexity index is 1630. The number of carbonyl (C=O) groups is 1. The van der Waals surface area contributed by atoms with E-state index in [1.54, 1.807) is 36.8 Å². The largest absolute Gasteiger partial charge is 0.489 e. The van der Waals surface area contributed by atoms with Gasteiger partial charge in [-0.1, -0.05) is 6.07 Å². The van der Waals surface area contributed by atoms with Gasteiger partial charge in [-0.05, 0) is 63.9 Å². The number of amides is 1. The molecule has 1 aliphatic rings. The molecule has 0 unspecified atom stereocenters. The minimum absolute atomic E-state index is 0.0764. The van der Waals surface area contributed by atoms with Crippen molar-refractivity contribution in [2.24, 2.45) is 0 Å². The Morgan fingerprint density at radius 1 is 1.22 bits per heavy atom. The number of ether oxygens (including phenoxy) is 1. The first-order chi connectivity index (χ1) is 19.5. The van der Waals surface area contributed by atoms with Crippen LogP contribution in [0.1, 0.15) is 49.5 Å². The number of fused-ring (bicyclic) bond motifs is 1. The molecule has 1 aromatic carbocycles. The highest BCUT2D eigenvalue weighted by Crippen LogP contribution is 2.32. The Hall–Kier alpha value is -4.56. The normalized spacial score (nSPS) is 15.0. The maximum Gasteiger partial charge on any atom is 0.254 e. The van der Waals surface area contributed by atoms with E-state index in [2.05, 4.69) is 26.4 Å². The first kappa shape index (κ1) is 28.0. The van der Waals surface area contributed by atoms with Crippen molar-refractivity contribution in [1.82, 2.24) is 19.9 Å². The molecule has 11 heteroatoms. The van der Waals surface area contributed by atoms with Crippen LogP contribution < -0.4 is 15.0 Å². The van der Waals surface area contributed by atoms with Crippen LogP contribution in [-0.2, 0) is 0 Å². The molecule has 2 N–H and O–H groups in total. The first-order valence-corrected chi connectivity index (χ1v) is 13.2. The molecule has 4 heterocycles. The Morgan fingerprint density at radius 3 is 2.63 bits per heavy atom. The van der Waals surface area contributed by atoms with Crippen molar-refractivity contribution in [2.45, 2.75) is 44.8 Å². The van der Waals surface area contributed by atoms with Gasteiger partial charge in [-0.25, -0.2) is 18.3 Å². The zero-order chi connectivity index (χ0) is 29.4. The van der Waals surface area contributed by atoms with E-state index in [1.165, 1.54) is 18.3 Å². The van der Waals surface area contributed by atoms with Crippen LogP contribution in [0.4, 0.5) is 14.6 Å². The van der Waals surface area contributed by atoms with Crippen LogP contribution in [-0.4, -0.2) is 56.4 Å². The van der Waals surface area contributed by atoms with Gasteiger partial charge in [-0.15, -0.1) is 0 Å². The number of pyridine rings is 2. The SMILES string of the molecule is CC(C)(O)COc1cc(-c2ccc(N3CCC(C)(NC(=O)c4cccc(F)c4F)CC3)nc2)c2c(C#N)cnn2c1. The number of nitrogens with zero attached hydrogens (tertiary/aromatic N) is 5. The topological polar surface area (TPSA) is 116 Å². The molecule has 9 nitrogen and oxygen atoms in total. The van der Waals surface area contributed by atoms with Gasteiger partial charge in [0.15, 0.2) is 11.6 Å². The molecule has 1 aliphatic heterocycles. The molecule has 0 aliphatic carbocycles. The fourth-order valence-electron chi connectivity index (χ4n) is 4.85. The molecule has 0 saturated carbocycles. The number of aromatic nitrogens is 3. The van der Waals surface area contributed by atoms with Crippen molar-refractivity contribution in [1.29, 1.82) is 5.26 Å². The van der Waals surface area contributed by atoms with E-state index in [9.17, 15) is 23.9 Å². The minimum atomic E-state index is -1.15. The molecule has 0 bridgehead atoms. The van der Waals surface area contributed by atoms with E-state index in [1.807, 2.05) is 19.1 Å². The van der Waals surface area contributed by atoms with Crippen LogP contribution >= 0.6 is 0 Å². The van der Waals surface area contributed by atoms with Crippen LogP contribution in [0.25, 0.3) is 16.6 Å². The highest BCUT2D eigenvalue weighted by atomic mass is 19.2. The molecule has 1 fully saturated rings. The molecule has 0 radical (unpaired) electrons. The Kier molecular flexibility index (Phi) is 7.36. The second kappa shape index (κ2) is 10.8. The molecule has 1 amide bonds. The monoisotopic (exact) mass is 560 g/mol. The molecular formula is C30H30F2N6O3. The molecular weight excluding hydrogens is 530 g/mol. The van der Waals surface area contributed by atoms with E-state index in [4.69, 9.17) is 4.74 Å². The number of halogens is 2. The summed E-state index contributed by atoms with van der Waals surface area (Å²) in [4.78, 5) is 19.4. The van der Waals surface area contributed by atoms with Crippen LogP contribution in [0.5, 0.6) is 5.75 Å². The molecule has 41 heavy (non-hydrogen) atoms. The summed E-state index contributed by atoms with van der Waals surface area (Å²) in [5.41, 5.74) is 0.582. The van der Waals surface area contributed by atoms with Crippen molar-refractivity contribution in [3.63, 3.8) is 0 Å². The molecule has 3 aromatic heterocycles. The highest BCUT2D eigenvalue weighted by molar-refractivity contribution is 5.95. The van der Waals surface area contributed by atoms with Gasteiger partial charge in [0, 0.05) is 36.0 Å². The maximum absolute atomic E-state index is 14.1. The van der Waals surface area contributed by atoms with E-state index >= 15 is 0 Å². The first-order valence-electron chi connectivity index (χ1n) is 13.2. The fourth-order valence-corrected chi connectivity index (χ4v) is 4.85. The smallest absolute Gasteiger partial charge is 0.254 e. The van der Waals surface area contributed by atoms with E-state index in [0.717, 1.165) is 17.4 Å². The average Bonchev–Trinajstić information content (AvgIpc) is 3.36. The van der Waals surface area contributed by atoms with Crippen molar-refractivity contribution in [3.05, 3.63) is 77.8 Å². The second-order valence-electron chi connectivity index (χ2n) is 11.2. The third kappa shape index (κ3) is 5.98. The molecule has 0 spiro atoms. The number of benzene rings is 1. The van der Waals surface area contributed by atoms with Crippen LogP contribution in [0, 0.1) is 23.0 Å². The van der Waals surface area contributed by atoms with Crippen LogP contribution in [0.3, 0.4) is 0 Å². The number of hydrogen-bond acceptors (Lipinski definition) is 7.